The van der Waals surface area contributed by atoms with E-state index in [2.05, 4.69) is 24.3 Å². The van der Waals surface area contributed by atoms with Gasteiger partial charge in [-0.15, -0.1) is 0 Å². The summed E-state index contributed by atoms with van der Waals surface area (Å²) in [4.78, 5) is 12.9. The van der Waals surface area contributed by atoms with Gasteiger partial charge in [0.05, 0.1) is 5.56 Å². The fourth-order valence-corrected chi connectivity index (χ4v) is 5.68. The summed E-state index contributed by atoms with van der Waals surface area (Å²) in [6, 6.07) is 34.7. The molecule has 32 heavy (non-hydrogen) atoms. The van der Waals surface area contributed by atoms with Crippen LogP contribution < -0.4 is 25.4 Å². The molecule has 0 saturated carbocycles. The average molecular weight is 444 g/mol. The monoisotopic (exact) mass is 444 g/mol. The highest BCUT2D eigenvalue weighted by atomic mass is 31.1. The van der Waals surface area contributed by atoms with Crippen LogP contribution in [0.15, 0.2) is 109 Å². The van der Waals surface area contributed by atoms with Gasteiger partial charge in [0.2, 0.25) is 0 Å². The molecule has 0 heterocycles. The summed E-state index contributed by atoms with van der Waals surface area (Å²) in [5.41, 5.74) is 0.399. The molecule has 0 saturated heterocycles. The van der Waals surface area contributed by atoms with E-state index in [1.54, 1.807) is 24.3 Å². The number of halogens is 1. The van der Waals surface area contributed by atoms with Crippen LogP contribution in [0.25, 0.3) is 0 Å². The Hall–Kier alpha value is -3.49. The number of benzene rings is 4. The van der Waals surface area contributed by atoms with Gasteiger partial charge in [-0.25, -0.2) is 9.18 Å². The van der Waals surface area contributed by atoms with E-state index in [9.17, 15) is 9.18 Å². The zero-order valence-electron chi connectivity index (χ0n) is 17.4. The van der Waals surface area contributed by atoms with Crippen molar-refractivity contribution in [3.05, 3.63) is 115 Å². The lowest BCUT2D eigenvalue weighted by Gasteiger charge is -2.21. The molecule has 0 aliphatic rings. The summed E-state index contributed by atoms with van der Waals surface area (Å²) in [5.74, 6) is 0.593. The fraction of sp³-hybridized carbons (Fsp3) is 0.0741. The zero-order chi connectivity index (χ0) is 22.2. The van der Waals surface area contributed by atoms with Crippen LogP contribution >= 0.6 is 7.92 Å². The van der Waals surface area contributed by atoms with Crippen molar-refractivity contribution >= 4 is 29.8 Å². The number of para-hydroxylation sites is 1. The van der Waals surface area contributed by atoms with E-state index in [0.29, 0.717) is 17.1 Å². The molecule has 4 rings (SSSR count). The predicted molar refractivity (Wildman–Crippen MR) is 128 cm³/mol. The van der Waals surface area contributed by atoms with Crippen molar-refractivity contribution in [1.29, 1.82) is 0 Å². The maximum atomic E-state index is 12.9. The molecule has 0 amide bonds. The van der Waals surface area contributed by atoms with Crippen molar-refractivity contribution in [2.75, 3.05) is 13.3 Å². The lowest BCUT2D eigenvalue weighted by atomic mass is 10.2. The van der Waals surface area contributed by atoms with E-state index in [1.165, 1.54) is 10.6 Å². The fourth-order valence-electron chi connectivity index (χ4n) is 3.31. The molecule has 0 fully saturated rings. The highest BCUT2D eigenvalue weighted by Gasteiger charge is 2.21. The quantitative estimate of drug-likeness (QED) is 0.218. The Balaban J connectivity index is 1.65. The van der Waals surface area contributed by atoms with Crippen LogP contribution in [0.5, 0.6) is 11.5 Å². The number of esters is 1. The smallest absolute Gasteiger partial charge is 0.343 e. The van der Waals surface area contributed by atoms with Gasteiger partial charge >= 0.3 is 5.97 Å². The predicted octanol–water partition coefficient (Wildman–Crippen LogP) is 5.01. The molecular formula is C27H22FO3P. The minimum absolute atomic E-state index is 0.0142. The van der Waals surface area contributed by atoms with Gasteiger partial charge in [0.1, 0.15) is 24.8 Å². The summed E-state index contributed by atoms with van der Waals surface area (Å²) in [5, 5.41) is 3.31. The first kappa shape index (κ1) is 21.7. The van der Waals surface area contributed by atoms with Crippen LogP contribution in [0.1, 0.15) is 10.4 Å². The van der Waals surface area contributed by atoms with Crippen LogP contribution in [0.3, 0.4) is 0 Å². The second-order valence-corrected chi connectivity index (χ2v) is 9.11. The van der Waals surface area contributed by atoms with Crippen molar-refractivity contribution < 1.29 is 18.7 Å². The van der Waals surface area contributed by atoms with Gasteiger partial charge in [-0.05, 0) is 48.9 Å². The molecule has 0 aliphatic heterocycles. The summed E-state index contributed by atoms with van der Waals surface area (Å²) in [7, 11) is -0.911. The minimum atomic E-state index is -0.911. The molecule has 0 atom stereocenters. The van der Waals surface area contributed by atoms with Gasteiger partial charge in [-0.1, -0.05) is 78.9 Å². The Kier molecular flexibility index (Phi) is 7.27. The molecule has 0 aromatic heterocycles. The molecule has 3 nitrogen and oxygen atoms in total. The van der Waals surface area contributed by atoms with Crippen molar-refractivity contribution in [3.63, 3.8) is 0 Å². The Bertz CT molecular complexity index is 1110. The van der Waals surface area contributed by atoms with Crippen LogP contribution in [-0.4, -0.2) is 19.3 Å². The van der Waals surface area contributed by atoms with Gasteiger partial charge < -0.3 is 9.47 Å². The number of hydrogen-bond donors (Lipinski definition) is 0. The van der Waals surface area contributed by atoms with Crippen molar-refractivity contribution in [2.24, 2.45) is 0 Å². The van der Waals surface area contributed by atoms with Gasteiger partial charge in [0, 0.05) is 5.30 Å². The van der Waals surface area contributed by atoms with Crippen LogP contribution in [-0.2, 0) is 0 Å². The Morgan fingerprint density at radius 2 is 1.28 bits per heavy atom. The van der Waals surface area contributed by atoms with Gasteiger partial charge in [0.25, 0.3) is 0 Å². The van der Waals surface area contributed by atoms with E-state index in [1.807, 2.05) is 60.7 Å². The highest BCUT2D eigenvalue weighted by Crippen LogP contribution is 2.36. The summed E-state index contributed by atoms with van der Waals surface area (Å²) in [6.07, 6.45) is 0. The number of carbonyl (C=O) groups excluding carboxylic acids is 1. The molecule has 0 N–H and O–H groups in total. The molecule has 0 bridgehead atoms. The van der Waals surface area contributed by atoms with Crippen LogP contribution in [0, 0.1) is 0 Å². The molecule has 5 heteroatoms. The summed E-state index contributed by atoms with van der Waals surface area (Å²) in [6.45, 7) is -0.577. The van der Waals surface area contributed by atoms with Gasteiger partial charge in [-0.2, -0.15) is 0 Å². The molecule has 0 spiro atoms. The van der Waals surface area contributed by atoms with Crippen LogP contribution in [0.4, 0.5) is 4.39 Å². The third-order valence-corrected chi connectivity index (χ3v) is 7.25. The van der Waals surface area contributed by atoms with Gasteiger partial charge in [-0.3, -0.25) is 0 Å². The summed E-state index contributed by atoms with van der Waals surface area (Å²) >= 11 is 0. The number of alkyl halides is 1. The first-order valence-corrected chi connectivity index (χ1v) is 11.6. The Morgan fingerprint density at radius 1 is 0.719 bits per heavy atom. The third kappa shape index (κ3) is 5.22. The number of carbonyl (C=O) groups is 1. The second-order valence-electron chi connectivity index (χ2n) is 6.93. The molecule has 0 unspecified atom stereocenters. The lowest BCUT2D eigenvalue weighted by molar-refractivity contribution is 0.0736. The second kappa shape index (κ2) is 10.7. The van der Waals surface area contributed by atoms with Crippen molar-refractivity contribution in [1.82, 2.24) is 0 Å². The molecule has 0 aliphatic carbocycles. The number of hydrogen-bond acceptors (Lipinski definition) is 3. The Morgan fingerprint density at radius 3 is 1.88 bits per heavy atom. The van der Waals surface area contributed by atoms with Crippen molar-refractivity contribution in [2.45, 2.75) is 0 Å². The first-order valence-electron chi connectivity index (χ1n) is 10.3. The van der Waals surface area contributed by atoms with E-state index >= 15 is 0 Å². The molecular weight excluding hydrogens is 422 g/mol. The maximum Gasteiger partial charge on any atom is 0.343 e. The largest absolute Gasteiger partial charge is 0.491 e. The SMILES string of the molecule is O=C(Oc1ccccc1P(c1ccccc1)c1ccccc1)c1ccc(OCCF)cc1. The van der Waals surface area contributed by atoms with Crippen LogP contribution in [0.2, 0.25) is 0 Å². The maximum absolute atomic E-state index is 12.9. The zero-order valence-corrected chi connectivity index (χ0v) is 18.3. The molecule has 160 valence electrons. The number of ether oxygens (including phenoxy) is 2. The van der Waals surface area contributed by atoms with Crippen molar-refractivity contribution in [3.8, 4) is 11.5 Å². The number of rotatable bonds is 8. The standard InChI is InChI=1S/C27H22FO3P/c28-19-20-30-22-17-15-21(16-18-22)27(29)31-25-13-7-8-14-26(25)32(23-9-3-1-4-10-23)24-11-5-2-6-12-24/h1-18H,19-20H2. The summed E-state index contributed by atoms with van der Waals surface area (Å²) < 4.78 is 23.4. The van der Waals surface area contributed by atoms with E-state index in [-0.39, 0.29) is 6.61 Å². The normalized spacial score (nSPS) is 10.7. The lowest BCUT2D eigenvalue weighted by Crippen LogP contribution is -2.23. The third-order valence-electron chi connectivity index (χ3n) is 4.77. The van der Waals surface area contributed by atoms with E-state index in [4.69, 9.17) is 9.47 Å². The topological polar surface area (TPSA) is 35.5 Å². The van der Waals surface area contributed by atoms with E-state index in [0.717, 1.165) is 5.30 Å². The first-order chi connectivity index (χ1) is 15.8. The van der Waals surface area contributed by atoms with Gasteiger partial charge in [0.15, 0.2) is 0 Å². The van der Waals surface area contributed by atoms with E-state index < -0.39 is 20.6 Å². The molecule has 4 aromatic rings. The average Bonchev–Trinajstić information content (AvgIpc) is 2.85. The minimum Gasteiger partial charge on any atom is -0.491 e. The highest BCUT2D eigenvalue weighted by molar-refractivity contribution is 7.80. The Labute approximate surface area is 188 Å². The molecule has 0 radical (unpaired) electrons. The molecule has 4 aromatic carbocycles.